The molecule has 0 amide bonds. The topological polar surface area (TPSA) is 24.9 Å². The van der Waals surface area contributed by atoms with E-state index in [0.29, 0.717) is 6.04 Å². The maximum atomic E-state index is 4.76. The van der Waals surface area contributed by atoms with Crippen molar-refractivity contribution in [3.63, 3.8) is 0 Å². The molecule has 2 fully saturated rings. The summed E-state index contributed by atoms with van der Waals surface area (Å²) in [7, 11) is 0. The fourth-order valence-corrected chi connectivity index (χ4v) is 3.82. The standard InChI is InChI=1S/C11H16N2S2/c1-2-8(1)5-11-13-10(7-15-11)9-6-14-4-3-12-9/h7-9,12H,1-6H2. The first kappa shape index (κ1) is 10.1. The Kier molecular flexibility index (Phi) is 2.99. The van der Waals surface area contributed by atoms with Gasteiger partial charge in [-0.15, -0.1) is 11.3 Å². The number of hydrogen-bond donors (Lipinski definition) is 1. The molecule has 1 N–H and O–H groups in total. The van der Waals surface area contributed by atoms with Gasteiger partial charge in [0.05, 0.1) is 16.7 Å². The Bertz CT molecular complexity index is 327. The van der Waals surface area contributed by atoms with Gasteiger partial charge in [0.1, 0.15) is 0 Å². The maximum absolute atomic E-state index is 4.76. The summed E-state index contributed by atoms with van der Waals surface area (Å²) in [5, 5.41) is 7.14. The molecule has 15 heavy (non-hydrogen) atoms. The summed E-state index contributed by atoms with van der Waals surface area (Å²) in [5.74, 6) is 3.39. The van der Waals surface area contributed by atoms with E-state index in [2.05, 4.69) is 10.7 Å². The van der Waals surface area contributed by atoms with E-state index in [1.807, 2.05) is 23.1 Å². The SMILES string of the molecule is c1sc(CC2CC2)nc1C1CSCCN1. The summed E-state index contributed by atoms with van der Waals surface area (Å²) in [6.45, 7) is 1.13. The van der Waals surface area contributed by atoms with Crippen molar-refractivity contribution < 1.29 is 0 Å². The minimum absolute atomic E-state index is 0.507. The number of hydrogen-bond acceptors (Lipinski definition) is 4. The van der Waals surface area contributed by atoms with E-state index >= 15 is 0 Å². The Morgan fingerprint density at radius 2 is 2.40 bits per heavy atom. The van der Waals surface area contributed by atoms with Gasteiger partial charge in [0.25, 0.3) is 0 Å². The zero-order valence-corrected chi connectivity index (χ0v) is 10.4. The zero-order chi connectivity index (χ0) is 10.1. The number of thiazole rings is 1. The molecule has 1 saturated carbocycles. The molecule has 1 saturated heterocycles. The highest BCUT2D eigenvalue weighted by Gasteiger charge is 2.24. The Hall–Kier alpha value is -0.0600. The van der Waals surface area contributed by atoms with Crippen LogP contribution >= 0.6 is 23.1 Å². The zero-order valence-electron chi connectivity index (χ0n) is 8.74. The van der Waals surface area contributed by atoms with Crippen molar-refractivity contribution >= 4 is 23.1 Å². The largest absolute Gasteiger partial charge is 0.307 e. The molecular formula is C11H16N2S2. The van der Waals surface area contributed by atoms with Gasteiger partial charge >= 0.3 is 0 Å². The maximum Gasteiger partial charge on any atom is 0.0931 e. The lowest BCUT2D eigenvalue weighted by molar-refractivity contribution is 0.581. The smallest absolute Gasteiger partial charge is 0.0931 e. The van der Waals surface area contributed by atoms with E-state index in [9.17, 15) is 0 Å². The number of thioether (sulfide) groups is 1. The highest BCUT2D eigenvalue weighted by molar-refractivity contribution is 7.99. The van der Waals surface area contributed by atoms with Crippen LogP contribution in [0.5, 0.6) is 0 Å². The minimum Gasteiger partial charge on any atom is -0.307 e. The quantitative estimate of drug-likeness (QED) is 0.878. The van der Waals surface area contributed by atoms with Crippen LogP contribution in [0.3, 0.4) is 0 Å². The third-order valence-corrected chi connectivity index (χ3v) is 4.96. The summed E-state index contributed by atoms with van der Waals surface area (Å²) in [6, 6.07) is 0.507. The molecule has 3 rings (SSSR count). The van der Waals surface area contributed by atoms with E-state index < -0.39 is 0 Å². The monoisotopic (exact) mass is 240 g/mol. The molecule has 4 heteroatoms. The van der Waals surface area contributed by atoms with E-state index in [-0.39, 0.29) is 0 Å². The predicted octanol–water partition coefficient (Wildman–Crippen LogP) is 2.47. The van der Waals surface area contributed by atoms with Crippen LogP contribution < -0.4 is 5.32 Å². The summed E-state index contributed by atoms with van der Waals surface area (Å²) >= 11 is 3.89. The minimum atomic E-state index is 0.507. The molecule has 82 valence electrons. The molecule has 0 aromatic carbocycles. The first-order chi connectivity index (χ1) is 7.42. The molecule has 1 atom stereocenters. The van der Waals surface area contributed by atoms with Crippen molar-refractivity contribution in [1.82, 2.24) is 10.3 Å². The predicted molar refractivity (Wildman–Crippen MR) is 66.6 cm³/mol. The van der Waals surface area contributed by atoms with Crippen molar-refractivity contribution in [3.8, 4) is 0 Å². The van der Waals surface area contributed by atoms with Gasteiger partial charge in [-0.25, -0.2) is 4.98 Å². The second-order valence-electron chi connectivity index (χ2n) is 4.40. The van der Waals surface area contributed by atoms with Crippen LogP contribution in [0, 0.1) is 5.92 Å². The molecule has 1 aliphatic heterocycles. The Morgan fingerprint density at radius 1 is 1.47 bits per heavy atom. The first-order valence-electron chi connectivity index (χ1n) is 5.67. The van der Waals surface area contributed by atoms with Gasteiger partial charge in [-0.3, -0.25) is 0 Å². The molecule has 2 nitrogen and oxygen atoms in total. The fraction of sp³-hybridized carbons (Fsp3) is 0.727. The van der Waals surface area contributed by atoms with Gasteiger partial charge in [0.2, 0.25) is 0 Å². The first-order valence-corrected chi connectivity index (χ1v) is 7.70. The van der Waals surface area contributed by atoms with Gasteiger partial charge in [0, 0.05) is 29.9 Å². The molecule has 0 spiro atoms. The molecule has 2 heterocycles. The van der Waals surface area contributed by atoms with E-state index in [1.165, 1.54) is 41.5 Å². The van der Waals surface area contributed by atoms with Crippen LogP contribution in [0.15, 0.2) is 5.38 Å². The van der Waals surface area contributed by atoms with Gasteiger partial charge < -0.3 is 5.32 Å². The molecular weight excluding hydrogens is 224 g/mol. The number of nitrogens with one attached hydrogen (secondary N) is 1. The van der Waals surface area contributed by atoms with Gasteiger partial charge in [0.15, 0.2) is 0 Å². The Balaban J connectivity index is 1.65. The van der Waals surface area contributed by atoms with Crippen molar-refractivity contribution in [1.29, 1.82) is 0 Å². The lowest BCUT2D eigenvalue weighted by Gasteiger charge is -2.21. The second-order valence-corrected chi connectivity index (χ2v) is 6.49. The summed E-state index contributed by atoms with van der Waals surface area (Å²) < 4.78 is 0. The van der Waals surface area contributed by atoms with E-state index in [1.54, 1.807) is 0 Å². The third-order valence-electron chi connectivity index (χ3n) is 3.01. The average Bonchev–Trinajstić information content (AvgIpc) is 2.96. The molecule has 0 radical (unpaired) electrons. The van der Waals surface area contributed by atoms with E-state index in [4.69, 9.17) is 4.98 Å². The van der Waals surface area contributed by atoms with Gasteiger partial charge in [-0.05, 0) is 18.8 Å². The van der Waals surface area contributed by atoms with Crippen LogP contribution in [-0.4, -0.2) is 23.0 Å². The van der Waals surface area contributed by atoms with Crippen LogP contribution in [0.4, 0.5) is 0 Å². The van der Waals surface area contributed by atoms with E-state index in [0.717, 1.165) is 12.5 Å². The second kappa shape index (κ2) is 4.44. The normalized spacial score (nSPS) is 26.8. The fourth-order valence-electron chi connectivity index (χ4n) is 1.90. The van der Waals surface area contributed by atoms with Crippen molar-refractivity contribution in [2.24, 2.45) is 5.92 Å². The molecule has 1 aromatic rings. The number of aromatic nitrogens is 1. The summed E-state index contributed by atoms with van der Waals surface area (Å²) in [4.78, 5) is 4.76. The Morgan fingerprint density at radius 3 is 3.13 bits per heavy atom. The van der Waals surface area contributed by atoms with Gasteiger partial charge in [-0.1, -0.05) is 0 Å². The van der Waals surface area contributed by atoms with Crippen molar-refractivity contribution in [3.05, 3.63) is 16.1 Å². The Labute approximate surface area is 98.9 Å². The lowest BCUT2D eigenvalue weighted by Crippen LogP contribution is -2.30. The molecule has 1 aliphatic carbocycles. The third kappa shape index (κ3) is 2.55. The summed E-state index contributed by atoms with van der Waals surface area (Å²) in [5.41, 5.74) is 1.28. The lowest BCUT2D eigenvalue weighted by atomic mass is 10.2. The molecule has 1 aromatic heterocycles. The van der Waals surface area contributed by atoms with Gasteiger partial charge in [-0.2, -0.15) is 11.8 Å². The molecule has 1 unspecified atom stereocenters. The van der Waals surface area contributed by atoms with Crippen LogP contribution in [0.2, 0.25) is 0 Å². The van der Waals surface area contributed by atoms with Crippen molar-refractivity contribution in [2.45, 2.75) is 25.3 Å². The highest BCUT2D eigenvalue weighted by Crippen LogP contribution is 2.34. The van der Waals surface area contributed by atoms with Crippen LogP contribution in [0.1, 0.15) is 29.6 Å². The molecule has 0 bridgehead atoms. The summed E-state index contributed by atoms with van der Waals surface area (Å²) in [6.07, 6.45) is 4.07. The van der Waals surface area contributed by atoms with Crippen LogP contribution in [-0.2, 0) is 6.42 Å². The molecule has 2 aliphatic rings. The highest BCUT2D eigenvalue weighted by atomic mass is 32.2. The average molecular weight is 240 g/mol. The van der Waals surface area contributed by atoms with Crippen LogP contribution in [0.25, 0.3) is 0 Å². The van der Waals surface area contributed by atoms with Crippen molar-refractivity contribution in [2.75, 3.05) is 18.1 Å². The number of rotatable bonds is 3. The number of nitrogens with zero attached hydrogens (tertiary/aromatic N) is 1.